The van der Waals surface area contributed by atoms with Gasteiger partial charge >= 0.3 is 0 Å². The van der Waals surface area contributed by atoms with Gasteiger partial charge in [0.1, 0.15) is 11.6 Å². The van der Waals surface area contributed by atoms with Crippen molar-refractivity contribution >= 4 is 11.6 Å². The fourth-order valence-corrected chi connectivity index (χ4v) is 2.17. The van der Waals surface area contributed by atoms with Gasteiger partial charge in [-0.05, 0) is 32.0 Å². The summed E-state index contributed by atoms with van der Waals surface area (Å²) in [4.78, 5) is 13.9. The maximum absolute atomic E-state index is 13.5. The minimum absolute atomic E-state index is 0.300. The number of rotatable bonds is 4. The fraction of sp³-hybridized carbons (Fsp3) is 0.462. The van der Waals surface area contributed by atoms with Crippen molar-refractivity contribution in [3.05, 3.63) is 29.3 Å². The van der Waals surface area contributed by atoms with E-state index in [1.54, 1.807) is 0 Å². The lowest BCUT2D eigenvalue weighted by molar-refractivity contribution is 0.0945. The Morgan fingerprint density at radius 2 is 1.95 bits per heavy atom. The Bertz CT molecular complexity index is 473. The van der Waals surface area contributed by atoms with E-state index in [0.717, 1.165) is 31.8 Å². The molecular formula is C13H17F2N3O. The van der Waals surface area contributed by atoms with Gasteiger partial charge in [-0.1, -0.05) is 0 Å². The van der Waals surface area contributed by atoms with Crippen LogP contribution in [0.3, 0.4) is 0 Å². The number of benzene rings is 1. The van der Waals surface area contributed by atoms with Crippen LogP contribution in [0.25, 0.3) is 0 Å². The van der Waals surface area contributed by atoms with Crippen LogP contribution in [-0.2, 0) is 0 Å². The van der Waals surface area contributed by atoms with Gasteiger partial charge in [-0.25, -0.2) is 8.78 Å². The summed E-state index contributed by atoms with van der Waals surface area (Å²) in [7, 11) is 0. The molecule has 1 aliphatic heterocycles. The van der Waals surface area contributed by atoms with Crippen molar-refractivity contribution in [3.63, 3.8) is 0 Å². The molecule has 1 aromatic carbocycles. The highest BCUT2D eigenvalue weighted by Gasteiger charge is 2.16. The molecule has 0 atom stereocenters. The first-order valence-corrected chi connectivity index (χ1v) is 6.33. The van der Waals surface area contributed by atoms with Crippen molar-refractivity contribution < 1.29 is 13.6 Å². The highest BCUT2D eigenvalue weighted by atomic mass is 19.1. The van der Waals surface area contributed by atoms with Gasteiger partial charge in [0.2, 0.25) is 0 Å². The van der Waals surface area contributed by atoms with E-state index in [4.69, 9.17) is 5.73 Å². The lowest BCUT2D eigenvalue weighted by Gasteiger charge is -2.14. The monoisotopic (exact) mass is 269 g/mol. The molecule has 0 bridgehead atoms. The van der Waals surface area contributed by atoms with Gasteiger partial charge < -0.3 is 16.0 Å². The molecule has 1 amide bonds. The van der Waals surface area contributed by atoms with Crippen molar-refractivity contribution in [2.75, 3.05) is 31.9 Å². The Kier molecular flexibility index (Phi) is 4.31. The Balaban J connectivity index is 1.90. The van der Waals surface area contributed by atoms with Gasteiger partial charge in [-0.2, -0.15) is 0 Å². The van der Waals surface area contributed by atoms with E-state index in [2.05, 4.69) is 10.2 Å². The molecule has 2 rings (SSSR count). The first-order valence-electron chi connectivity index (χ1n) is 6.33. The number of nitrogens with two attached hydrogens (primary N) is 1. The molecule has 4 nitrogen and oxygen atoms in total. The van der Waals surface area contributed by atoms with Gasteiger partial charge in [0.05, 0.1) is 11.3 Å². The second-order valence-electron chi connectivity index (χ2n) is 4.66. The number of halogens is 2. The van der Waals surface area contributed by atoms with Crippen LogP contribution in [0.2, 0.25) is 0 Å². The summed E-state index contributed by atoms with van der Waals surface area (Å²) in [6.07, 6.45) is 2.34. The lowest BCUT2D eigenvalue weighted by Crippen LogP contribution is -2.33. The predicted molar refractivity (Wildman–Crippen MR) is 68.8 cm³/mol. The standard InChI is InChI=1S/C13H17F2N3O/c14-10-8-12(16)11(15)7-9(10)13(19)17-3-6-18-4-1-2-5-18/h7-8H,1-6,16H2,(H,17,19). The van der Waals surface area contributed by atoms with E-state index in [-0.39, 0.29) is 11.3 Å². The molecular weight excluding hydrogens is 252 g/mol. The lowest BCUT2D eigenvalue weighted by atomic mass is 10.1. The molecule has 6 heteroatoms. The van der Waals surface area contributed by atoms with Crippen LogP contribution in [0, 0.1) is 11.6 Å². The van der Waals surface area contributed by atoms with Gasteiger partial charge in [0.15, 0.2) is 0 Å². The number of anilines is 1. The quantitative estimate of drug-likeness (QED) is 0.812. The van der Waals surface area contributed by atoms with Crippen LogP contribution in [0.15, 0.2) is 12.1 Å². The summed E-state index contributed by atoms with van der Waals surface area (Å²) >= 11 is 0. The van der Waals surface area contributed by atoms with Gasteiger partial charge in [0, 0.05) is 19.2 Å². The molecule has 0 unspecified atom stereocenters. The average molecular weight is 269 g/mol. The van der Waals surface area contributed by atoms with Crippen LogP contribution < -0.4 is 11.1 Å². The molecule has 1 saturated heterocycles. The number of amides is 1. The van der Waals surface area contributed by atoms with Crippen molar-refractivity contribution in [1.29, 1.82) is 0 Å². The van der Waals surface area contributed by atoms with E-state index in [0.29, 0.717) is 6.54 Å². The summed E-state index contributed by atoms with van der Waals surface area (Å²) in [5.74, 6) is -2.21. The van der Waals surface area contributed by atoms with Crippen molar-refractivity contribution in [3.8, 4) is 0 Å². The Morgan fingerprint density at radius 1 is 1.26 bits per heavy atom. The number of hydrogen-bond donors (Lipinski definition) is 2. The van der Waals surface area contributed by atoms with Crippen LogP contribution in [0.5, 0.6) is 0 Å². The van der Waals surface area contributed by atoms with E-state index in [9.17, 15) is 13.6 Å². The number of nitrogens with one attached hydrogen (secondary N) is 1. The molecule has 0 radical (unpaired) electrons. The smallest absolute Gasteiger partial charge is 0.254 e. The summed E-state index contributed by atoms with van der Waals surface area (Å²) in [6, 6.07) is 1.65. The second kappa shape index (κ2) is 5.97. The molecule has 1 fully saturated rings. The highest BCUT2D eigenvalue weighted by molar-refractivity contribution is 5.94. The fourth-order valence-electron chi connectivity index (χ4n) is 2.17. The molecule has 0 spiro atoms. The predicted octanol–water partition coefficient (Wildman–Crippen LogP) is 1.37. The summed E-state index contributed by atoms with van der Waals surface area (Å²) in [5.41, 5.74) is 4.61. The molecule has 1 aliphatic rings. The zero-order valence-electron chi connectivity index (χ0n) is 10.6. The Hall–Kier alpha value is -1.69. The van der Waals surface area contributed by atoms with E-state index >= 15 is 0 Å². The summed E-state index contributed by atoms with van der Waals surface area (Å²) in [5, 5.41) is 2.59. The minimum Gasteiger partial charge on any atom is -0.396 e. The highest BCUT2D eigenvalue weighted by Crippen LogP contribution is 2.16. The largest absolute Gasteiger partial charge is 0.396 e. The molecule has 0 aromatic heterocycles. The molecule has 19 heavy (non-hydrogen) atoms. The SMILES string of the molecule is Nc1cc(F)c(C(=O)NCCN2CCCC2)cc1F. The van der Waals surface area contributed by atoms with Crippen molar-refractivity contribution in [1.82, 2.24) is 10.2 Å². The Morgan fingerprint density at radius 3 is 2.63 bits per heavy atom. The molecule has 0 aliphatic carbocycles. The van der Waals surface area contributed by atoms with Crippen LogP contribution >= 0.6 is 0 Å². The number of likely N-dealkylation sites (tertiary alicyclic amines) is 1. The van der Waals surface area contributed by atoms with E-state index in [1.165, 1.54) is 12.8 Å². The van der Waals surface area contributed by atoms with Gasteiger partial charge in [-0.3, -0.25) is 4.79 Å². The van der Waals surface area contributed by atoms with Crippen LogP contribution in [0.1, 0.15) is 23.2 Å². The first kappa shape index (κ1) is 13.7. The summed E-state index contributed by atoms with van der Waals surface area (Å²) < 4.78 is 26.7. The van der Waals surface area contributed by atoms with Gasteiger partial charge in [-0.15, -0.1) is 0 Å². The first-order chi connectivity index (χ1) is 9.08. The third kappa shape index (κ3) is 3.41. The third-order valence-electron chi connectivity index (χ3n) is 3.24. The normalized spacial score (nSPS) is 15.7. The zero-order valence-corrected chi connectivity index (χ0v) is 10.6. The zero-order chi connectivity index (χ0) is 13.8. The van der Waals surface area contributed by atoms with E-state index in [1.807, 2.05) is 0 Å². The maximum atomic E-state index is 13.5. The minimum atomic E-state index is -0.808. The molecule has 0 saturated carbocycles. The van der Waals surface area contributed by atoms with Crippen LogP contribution in [-0.4, -0.2) is 37.0 Å². The second-order valence-corrected chi connectivity index (χ2v) is 4.66. The number of nitrogens with zero attached hydrogens (tertiary/aromatic N) is 1. The Labute approximate surface area is 110 Å². The molecule has 104 valence electrons. The van der Waals surface area contributed by atoms with E-state index < -0.39 is 17.5 Å². The number of carbonyl (C=O) groups is 1. The van der Waals surface area contributed by atoms with Gasteiger partial charge in [0.25, 0.3) is 5.91 Å². The molecule has 3 N–H and O–H groups in total. The molecule has 1 heterocycles. The number of carbonyl (C=O) groups excluding carboxylic acids is 1. The maximum Gasteiger partial charge on any atom is 0.254 e. The molecule has 1 aromatic rings. The number of nitrogen functional groups attached to an aromatic ring is 1. The topological polar surface area (TPSA) is 58.4 Å². The average Bonchev–Trinajstić information content (AvgIpc) is 2.86. The van der Waals surface area contributed by atoms with Crippen LogP contribution in [0.4, 0.5) is 14.5 Å². The van der Waals surface area contributed by atoms with Crippen molar-refractivity contribution in [2.45, 2.75) is 12.8 Å². The number of hydrogen-bond acceptors (Lipinski definition) is 3. The van der Waals surface area contributed by atoms with Crippen molar-refractivity contribution in [2.24, 2.45) is 0 Å². The summed E-state index contributed by atoms with van der Waals surface area (Å²) in [6.45, 7) is 3.20. The third-order valence-corrected chi connectivity index (χ3v) is 3.24.